The van der Waals surface area contributed by atoms with Crippen LogP contribution in [-0.4, -0.2) is 99.6 Å². The maximum Gasteiger partial charge on any atom is 0.306 e. The van der Waals surface area contributed by atoms with Gasteiger partial charge in [-0.3, -0.25) is 9.59 Å². The topological polar surface area (TPSA) is 175 Å². The standard InChI is InChI=1S/C80H153NO10/c1-4-7-10-13-16-19-22-24-26-28-30-32-34-36-37-38-40-42-44-46-48-50-53-56-59-62-65-68-75(85)91-78-77(87)76(86)74(69-82)90-80(78)89-70-71(72(83)66-63-60-57-54-51-21-18-15-12-9-6-3)81-79(88)73(84)67-64-61-58-55-52-49-47-45-43-41-39-35-33-31-29-27-25-23-20-17-14-11-8-5-2/h25,27,63,66,71-74,76-78,80,82-84,86-87H,4-24,26,28-62,64-65,67-70H2,1-3H3,(H,81,88)/b27-25+,66-63+. The van der Waals surface area contributed by atoms with Gasteiger partial charge < -0.3 is 45.1 Å². The molecule has 1 aliphatic rings. The van der Waals surface area contributed by atoms with Crippen LogP contribution in [0.3, 0.4) is 0 Å². The van der Waals surface area contributed by atoms with Gasteiger partial charge in [0, 0.05) is 6.42 Å². The van der Waals surface area contributed by atoms with Crippen LogP contribution in [0.2, 0.25) is 0 Å². The summed E-state index contributed by atoms with van der Waals surface area (Å²) in [6.45, 7) is 5.86. The Morgan fingerprint density at radius 2 is 0.725 bits per heavy atom. The molecular formula is C80H153NO10. The van der Waals surface area contributed by atoms with E-state index in [0.717, 1.165) is 57.8 Å². The normalized spacial score (nSPS) is 18.0. The number of carbonyl (C=O) groups excluding carboxylic acids is 2. The molecule has 1 rings (SSSR count). The van der Waals surface area contributed by atoms with Gasteiger partial charge >= 0.3 is 5.97 Å². The van der Waals surface area contributed by atoms with Gasteiger partial charge in [0.2, 0.25) is 5.91 Å². The minimum absolute atomic E-state index is 0.131. The monoisotopic (exact) mass is 1290 g/mol. The average Bonchev–Trinajstić information content (AvgIpc) is 0.943. The highest BCUT2D eigenvalue weighted by molar-refractivity contribution is 5.80. The Kier molecular flexibility index (Phi) is 65.2. The molecule has 11 nitrogen and oxygen atoms in total. The first-order valence-corrected chi connectivity index (χ1v) is 40.1. The lowest BCUT2D eigenvalue weighted by Gasteiger charge is -2.41. The van der Waals surface area contributed by atoms with Crippen LogP contribution >= 0.6 is 0 Å². The van der Waals surface area contributed by atoms with E-state index in [2.05, 4.69) is 38.2 Å². The average molecular weight is 1290 g/mol. The Morgan fingerprint density at radius 1 is 0.418 bits per heavy atom. The fourth-order valence-corrected chi connectivity index (χ4v) is 13.1. The molecule has 8 atom stereocenters. The molecule has 8 unspecified atom stereocenters. The molecule has 1 heterocycles. The molecule has 0 aromatic heterocycles. The molecule has 0 saturated carbocycles. The predicted octanol–water partition coefficient (Wildman–Crippen LogP) is 21.5. The van der Waals surface area contributed by atoms with E-state index in [4.69, 9.17) is 14.2 Å². The van der Waals surface area contributed by atoms with E-state index in [9.17, 15) is 35.1 Å². The molecule has 0 bridgehead atoms. The Hall–Kier alpha value is -1.86. The second-order valence-corrected chi connectivity index (χ2v) is 28.2. The summed E-state index contributed by atoms with van der Waals surface area (Å²) < 4.78 is 17.8. The highest BCUT2D eigenvalue weighted by Gasteiger charge is 2.47. The first-order chi connectivity index (χ1) is 44.7. The molecule has 0 aliphatic carbocycles. The van der Waals surface area contributed by atoms with E-state index < -0.39 is 67.4 Å². The van der Waals surface area contributed by atoms with Crippen molar-refractivity contribution in [2.75, 3.05) is 13.2 Å². The van der Waals surface area contributed by atoms with Gasteiger partial charge in [0.25, 0.3) is 0 Å². The number of aliphatic hydroxyl groups is 5. The Labute approximate surface area is 562 Å². The molecule has 1 fully saturated rings. The number of aliphatic hydroxyl groups excluding tert-OH is 5. The fraction of sp³-hybridized carbons (Fsp3) is 0.925. The predicted molar refractivity (Wildman–Crippen MR) is 384 cm³/mol. The van der Waals surface area contributed by atoms with Gasteiger partial charge in [-0.15, -0.1) is 0 Å². The Bertz CT molecular complexity index is 1580. The van der Waals surface area contributed by atoms with E-state index in [0.29, 0.717) is 19.3 Å². The van der Waals surface area contributed by atoms with Crippen molar-refractivity contribution in [3.05, 3.63) is 24.3 Å². The molecule has 1 saturated heterocycles. The number of hydrogen-bond donors (Lipinski definition) is 6. The Balaban J connectivity index is 2.45. The second-order valence-electron chi connectivity index (χ2n) is 28.2. The van der Waals surface area contributed by atoms with E-state index in [-0.39, 0.29) is 13.0 Å². The summed E-state index contributed by atoms with van der Waals surface area (Å²) in [5.41, 5.74) is 0. The minimum atomic E-state index is -1.61. The van der Waals surface area contributed by atoms with E-state index in [1.165, 1.54) is 308 Å². The van der Waals surface area contributed by atoms with Gasteiger partial charge in [-0.1, -0.05) is 379 Å². The molecule has 0 spiro atoms. The van der Waals surface area contributed by atoms with Gasteiger partial charge in [0.15, 0.2) is 12.4 Å². The first kappa shape index (κ1) is 87.2. The minimum Gasteiger partial charge on any atom is -0.454 e. The third kappa shape index (κ3) is 54.9. The van der Waals surface area contributed by atoms with Crippen molar-refractivity contribution < 1.29 is 49.3 Å². The van der Waals surface area contributed by atoms with Gasteiger partial charge in [-0.25, -0.2) is 0 Å². The van der Waals surface area contributed by atoms with Crippen LogP contribution in [0, 0.1) is 0 Å². The van der Waals surface area contributed by atoms with Crippen LogP contribution in [0.1, 0.15) is 412 Å². The first-order valence-electron chi connectivity index (χ1n) is 40.1. The third-order valence-electron chi connectivity index (χ3n) is 19.4. The number of ether oxygens (including phenoxy) is 3. The highest BCUT2D eigenvalue weighted by Crippen LogP contribution is 2.27. The Morgan fingerprint density at radius 3 is 1.07 bits per heavy atom. The molecule has 6 N–H and O–H groups in total. The highest BCUT2D eigenvalue weighted by atomic mass is 16.7. The summed E-state index contributed by atoms with van der Waals surface area (Å²) in [4.78, 5) is 26.8. The lowest BCUT2D eigenvalue weighted by molar-refractivity contribution is -0.305. The van der Waals surface area contributed by atoms with Crippen molar-refractivity contribution in [3.63, 3.8) is 0 Å². The third-order valence-corrected chi connectivity index (χ3v) is 19.4. The van der Waals surface area contributed by atoms with E-state index in [1.54, 1.807) is 6.08 Å². The molecule has 538 valence electrons. The molecule has 0 aromatic carbocycles. The smallest absolute Gasteiger partial charge is 0.306 e. The number of carbonyl (C=O) groups is 2. The number of esters is 1. The van der Waals surface area contributed by atoms with Crippen LogP contribution in [0.25, 0.3) is 0 Å². The number of allylic oxidation sites excluding steroid dienone is 3. The molecule has 11 heteroatoms. The number of unbranched alkanes of at least 4 members (excludes halogenated alkanes) is 55. The van der Waals surface area contributed by atoms with E-state index in [1.807, 2.05) is 6.08 Å². The fourth-order valence-electron chi connectivity index (χ4n) is 13.1. The maximum atomic E-state index is 13.5. The number of rotatable bonds is 71. The summed E-state index contributed by atoms with van der Waals surface area (Å²) >= 11 is 0. The zero-order valence-corrected chi connectivity index (χ0v) is 60.3. The van der Waals surface area contributed by atoms with Crippen LogP contribution < -0.4 is 5.32 Å². The van der Waals surface area contributed by atoms with Gasteiger partial charge in [0.05, 0.1) is 25.4 Å². The quantitative estimate of drug-likeness (QED) is 0.0195. The zero-order valence-electron chi connectivity index (χ0n) is 60.3. The number of hydrogen-bond acceptors (Lipinski definition) is 10. The van der Waals surface area contributed by atoms with Crippen LogP contribution in [0.4, 0.5) is 0 Å². The zero-order chi connectivity index (χ0) is 66.0. The van der Waals surface area contributed by atoms with Crippen molar-refractivity contribution in [3.8, 4) is 0 Å². The molecule has 91 heavy (non-hydrogen) atoms. The van der Waals surface area contributed by atoms with E-state index >= 15 is 0 Å². The molecule has 1 amide bonds. The SMILES string of the molecule is CCCCCCCC/C=C/CCCCCCCCCCCCCCCCC(O)C(=O)NC(COC1OC(CO)C(O)C(O)C1OC(=O)CCCCCCCCCCCCCCCCCCCCCCCCCCCCC)C(O)/C=C/CCCCCCCCCCC. The largest absolute Gasteiger partial charge is 0.454 e. The summed E-state index contributed by atoms with van der Waals surface area (Å²) in [7, 11) is 0. The van der Waals surface area contributed by atoms with Crippen LogP contribution in [0.15, 0.2) is 24.3 Å². The number of amides is 1. The lowest BCUT2D eigenvalue weighted by atomic mass is 9.99. The van der Waals surface area contributed by atoms with Crippen molar-refractivity contribution in [1.82, 2.24) is 5.32 Å². The van der Waals surface area contributed by atoms with Gasteiger partial charge in [-0.2, -0.15) is 0 Å². The summed E-state index contributed by atoms with van der Waals surface area (Å²) in [6, 6.07) is -1.02. The van der Waals surface area contributed by atoms with Crippen molar-refractivity contribution >= 4 is 11.9 Å². The van der Waals surface area contributed by atoms with Crippen molar-refractivity contribution in [2.45, 2.75) is 461 Å². The number of nitrogens with one attached hydrogen (secondary N) is 1. The second kappa shape index (κ2) is 68.1. The summed E-state index contributed by atoms with van der Waals surface area (Å²) in [5, 5.41) is 57.4. The van der Waals surface area contributed by atoms with Gasteiger partial charge in [-0.05, 0) is 51.4 Å². The van der Waals surface area contributed by atoms with Crippen LogP contribution in [0.5, 0.6) is 0 Å². The van der Waals surface area contributed by atoms with Gasteiger partial charge in [0.1, 0.15) is 24.4 Å². The lowest BCUT2D eigenvalue weighted by Crippen LogP contribution is -2.61. The van der Waals surface area contributed by atoms with Crippen LogP contribution in [-0.2, 0) is 23.8 Å². The summed E-state index contributed by atoms with van der Waals surface area (Å²) in [6.07, 6.45) is 73.9. The molecule has 1 aliphatic heterocycles. The maximum absolute atomic E-state index is 13.5. The van der Waals surface area contributed by atoms with Crippen molar-refractivity contribution in [2.24, 2.45) is 0 Å². The molecule has 0 radical (unpaired) electrons. The summed E-state index contributed by atoms with van der Waals surface area (Å²) in [5.74, 6) is -1.17. The molecule has 0 aromatic rings. The molecular weight excluding hydrogens is 1130 g/mol. The van der Waals surface area contributed by atoms with Crippen molar-refractivity contribution in [1.29, 1.82) is 0 Å².